The van der Waals surface area contributed by atoms with E-state index in [0.29, 0.717) is 0 Å². The van der Waals surface area contributed by atoms with E-state index in [4.69, 9.17) is 4.74 Å². The first-order chi connectivity index (χ1) is 14.6. The number of amides is 1. The zero-order chi connectivity index (χ0) is 20.9. The van der Waals surface area contributed by atoms with Crippen LogP contribution in [0.25, 0.3) is 10.8 Å². The fourth-order valence-corrected chi connectivity index (χ4v) is 3.79. The second kappa shape index (κ2) is 9.28. The Labute approximate surface area is 178 Å². The molecule has 0 saturated carbocycles. The molecule has 156 valence electrons. The van der Waals surface area contributed by atoms with Crippen LogP contribution in [-0.2, 0) is 16.1 Å². The Morgan fingerprint density at radius 1 is 1.03 bits per heavy atom. The van der Waals surface area contributed by atoms with E-state index >= 15 is 0 Å². The number of carbonyl (C=O) groups excluding carboxylic acids is 1. The van der Waals surface area contributed by atoms with Gasteiger partial charge in [0.15, 0.2) is 0 Å². The SMILES string of the molecule is CC(C(=O)Nc1ccc(N2CCOCC2)cc1)N(C)Cc1ccc2ccccc2c1. The quantitative estimate of drug-likeness (QED) is 0.672. The van der Waals surface area contributed by atoms with Crippen molar-refractivity contribution in [1.82, 2.24) is 4.90 Å². The molecule has 0 spiro atoms. The summed E-state index contributed by atoms with van der Waals surface area (Å²) < 4.78 is 5.41. The van der Waals surface area contributed by atoms with Crippen LogP contribution in [0.4, 0.5) is 11.4 Å². The van der Waals surface area contributed by atoms with Crippen LogP contribution in [0.5, 0.6) is 0 Å². The minimum absolute atomic E-state index is 0.00240. The van der Waals surface area contributed by atoms with Crippen LogP contribution in [0.15, 0.2) is 66.7 Å². The van der Waals surface area contributed by atoms with Crippen molar-refractivity contribution in [3.63, 3.8) is 0 Å². The van der Waals surface area contributed by atoms with Gasteiger partial charge in [0.1, 0.15) is 0 Å². The number of ether oxygens (including phenoxy) is 1. The van der Waals surface area contributed by atoms with E-state index in [-0.39, 0.29) is 11.9 Å². The molecule has 30 heavy (non-hydrogen) atoms. The van der Waals surface area contributed by atoms with Crippen LogP contribution >= 0.6 is 0 Å². The predicted octanol–water partition coefficient (Wildman–Crippen LogP) is 4.14. The number of nitrogens with zero attached hydrogens (tertiary/aromatic N) is 2. The molecule has 1 amide bonds. The van der Waals surface area contributed by atoms with E-state index in [9.17, 15) is 4.79 Å². The molecule has 1 unspecified atom stereocenters. The molecule has 3 aromatic carbocycles. The van der Waals surface area contributed by atoms with Crippen molar-refractivity contribution in [2.24, 2.45) is 0 Å². The predicted molar refractivity (Wildman–Crippen MR) is 123 cm³/mol. The standard InChI is InChI=1S/C25H29N3O2/c1-19(27(2)18-20-7-8-21-5-3-4-6-22(21)17-20)25(29)26-23-9-11-24(12-10-23)28-13-15-30-16-14-28/h3-12,17,19H,13-16,18H2,1-2H3,(H,26,29). The van der Waals surface area contributed by atoms with Gasteiger partial charge in [-0.25, -0.2) is 0 Å². The third-order valence-electron chi connectivity index (χ3n) is 5.80. The number of carbonyl (C=O) groups is 1. The van der Waals surface area contributed by atoms with Gasteiger partial charge in [-0.05, 0) is 60.6 Å². The van der Waals surface area contributed by atoms with Gasteiger partial charge in [0.25, 0.3) is 0 Å². The van der Waals surface area contributed by atoms with Crippen LogP contribution < -0.4 is 10.2 Å². The number of likely N-dealkylation sites (N-methyl/N-ethyl adjacent to an activating group) is 1. The highest BCUT2D eigenvalue weighted by molar-refractivity contribution is 5.94. The molecule has 1 heterocycles. The summed E-state index contributed by atoms with van der Waals surface area (Å²) >= 11 is 0. The van der Waals surface area contributed by atoms with E-state index in [1.54, 1.807) is 0 Å². The largest absolute Gasteiger partial charge is 0.378 e. The molecule has 1 atom stereocenters. The lowest BCUT2D eigenvalue weighted by molar-refractivity contribution is -0.120. The number of rotatable bonds is 6. The number of nitrogens with one attached hydrogen (secondary N) is 1. The number of benzene rings is 3. The van der Waals surface area contributed by atoms with E-state index < -0.39 is 0 Å². The summed E-state index contributed by atoms with van der Waals surface area (Å²) in [6.07, 6.45) is 0. The van der Waals surface area contributed by atoms with Gasteiger partial charge in [0, 0.05) is 31.0 Å². The van der Waals surface area contributed by atoms with Gasteiger partial charge in [-0.2, -0.15) is 0 Å². The van der Waals surface area contributed by atoms with Gasteiger partial charge in [0.05, 0.1) is 19.3 Å². The molecule has 1 aliphatic heterocycles. The van der Waals surface area contributed by atoms with E-state index in [1.807, 2.05) is 32.2 Å². The smallest absolute Gasteiger partial charge is 0.241 e. The molecule has 0 bridgehead atoms. The van der Waals surface area contributed by atoms with Crippen molar-refractivity contribution in [2.45, 2.75) is 19.5 Å². The normalized spacial score (nSPS) is 15.4. The Balaban J connectivity index is 1.35. The Morgan fingerprint density at radius 3 is 2.47 bits per heavy atom. The van der Waals surface area contributed by atoms with Crippen molar-refractivity contribution in [1.29, 1.82) is 0 Å². The van der Waals surface area contributed by atoms with Crippen LogP contribution in [0.1, 0.15) is 12.5 Å². The monoisotopic (exact) mass is 403 g/mol. The third kappa shape index (κ3) is 4.81. The summed E-state index contributed by atoms with van der Waals surface area (Å²) in [5.74, 6) is -0.00240. The fraction of sp³-hybridized carbons (Fsp3) is 0.320. The highest BCUT2D eigenvalue weighted by atomic mass is 16.5. The summed E-state index contributed by atoms with van der Waals surface area (Å²) in [6, 6.07) is 22.6. The molecule has 1 saturated heterocycles. The van der Waals surface area contributed by atoms with E-state index in [1.165, 1.54) is 16.3 Å². The minimum Gasteiger partial charge on any atom is -0.378 e. The first-order valence-corrected chi connectivity index (χ1v) is 10.5. The zero-order valence-corrected chi connectivity index (χ0v) is 17.7. The van der Waals surface area contributed by atoms with Crippen molar-refractivity contribution in [3.05, 3.63) is 72.3 Å². The number of morpholine rings is 1. The van der Waals surface area contributed by atoms with E-state index in [0.717, 1.165) is 44.2 Å². The summed E-state index contributed by atoms with van der Waals surface area (Å²) in [5.41, 5.74) is 3.19. The average molecular weight is 404 g/mol. The zero-order valence-electron chi connectivity index (χ0n) is 17.7. The number of fused-ring (bicyclic) bond motifs is 1. The lowest BCUT2D eigenvalue weighted by atomic mass is 10.1. The molecule has 1 N–H and O–H groups in total. The molecule has 4 rings (SSSR count). The van der Waals surface area contributed by atoms with Gasteiger partial charge in [-0.15, -0.1) is 0 Å². The number of hydrogen-bond donors (Lipinski definition) is 1. The summed E-state index contributed by atoms with van der Waals surface area (Å²) in [5, 5.41) is 5.50. The van der Waals surface area contributed by atoms with Gasteiger partial charge in [0.2, 0.25) is 5.91 Å². The van der Waals surface area contributed by atoms with Gasteiger partial charge < -0.3 is 15.0 Å². The maximum absolute atomic E-state index is 12.8. The lowest BCUT2D eigenvalue weighted by Crippen LogP contribution is -2.39. The highest BCUT2D eigenvalue weighted by Crippen LogP contribution is 2.20. The van der Waals surface area contributed by atoms with Crippen molar-refractivity contribution < 1.29 is 9.53 Å². The fourth-order valence-electron chi connectivity index (χ4n) is 3.79. The number of hydrogen-bond acceptors (Lipinski definition) is 4. The van der Waals surface area contributed by atoms with Crippen LogP contribution in [0, 0.1) is 0 Å². The minimum atomic E-state index is -0.240. The van der Waals surface area contributed by atoms with Gasteiger partial charge in [-0.3, -0.25) is 9.69 Å². The van der Waals surface area contributed by atoms with Crippen LogP contribution in [0.3, 0.4) is 0 Å². The first kappa shape index (κ1) is 20.4. The molecule has 3 aromatic rings. The Kier molecular flexibility index (Phi) is 6.31. The maximum atomic E-state index is 12.8. The summed E-state index contributed by atoms with van der Waals surface area (Å²) in [6.45, 7) is 6.00. The summed E-state index contributed by atoms with van der Waals surface area (Å²) in [4.78, 5) is 17.1. The second-order valence-corrected chi connectivity index (χ2v) is 7.91. The van der Waals surface area contributed by atoms with Gasteiger partial charge >= 0.3 is 0 Å². The molecule has 1 fully saturated rings. The van der Waals surface area contributed by atoms with Crippen molar-refractivity contribution >= 4 is 28.1 Å². The maximum Gasteiger partial charge on any atom is 0.241 e. The van der Waals surface area contributed by atoms with Crippen LogP contribution in [-0.4, -0.2) is 50.2 Å². The highest BCUT2D eigenvalue weighted by Gasteiger charge is 2.19. The van der Waals surface area contributed by atoms with Crippen molar-refractivity contribution in [2.75, 3.05) is 43.6 Å². The lowest BCUT2D eigenvalue weighted by Gasteiger charge is -2.29. The molecule has 5 heteroatoms. The molecule has 0 aliphatic carbocycles. The second-order valence-electron chi connectivity index (χ2n) is 7.91. The Morgan fingerprint density at radius 2 is 1.73 bits per heavy atom. The number of anilines is 2. The Bertz CT molecular complexity index is 997. The van der Waals surface area contributed by atoms with Crippen molar-refractivity contribution in [3.8, 4) is 0 Å². The Hall–Kier alpha value is -2.89. The molecule has 0 radical (unpaired) electrons. The molecular formula is C25H29N3O2. The van der Waals surface area contributed by atoms with Gasteiger partial charge in [-0.1, -0.05) is 36.4 Å². The van der Waals surface area contributed by atoms with Crippen LogP contribution in [0.2, 0.25) is 0 Å². The molecule has 1 aliphatic rings. The molecule has 0 aromatic heterocycles. The van der Waals surface area contributed by atoms with E-state index in [2.05, 4.69) is 63.6 Å². The first-order valence-electron chi connectivity index (χ1n) is 10.5. The molecular weight excluding hydrogens is 374 g/mol. The topological polar surface area (TPSA) is 44.8 Å². The molecule has 5 nitrogen and oxygen atoms in total. The average Bonchev–Trinajstić information content (AvgIpc) is 2.79. The third-order valence-corrected chi connectivity index (χ3v) is 5.80. The summed E-state index contributed by atoms with van der Waals surface area (Å²) in [7, 11) is 1.99.